The van der Waals surface area contributed by atoms with E-state index < -0.39 is 17.6 Å². The molecule has 1 unspecified atom stereocenters. The molecule has 1 saturated carbocycles. The second kappa shape index (κ2) is 10.2. The molecule has 0 spiro atoms. The molecule has 0 aliphatic heterocycles. The van der Waals surface area contributed by atoms with Crippen LogP contribution in [-0.2, 0) is 14.9 Å². The van der Waals surface area contributed by atoms with Gasteiger partial charge < -0.3 is 25.3 Å². The summed E-state index contributed by atoms with van der Waals surface area (Å²) in [7, 11) is 1.53. The number of para-hydroxylation sites is 1. The van der Waals surface area contributed by atoms with Crippen LogP contribution in [0.5, 0.6) is 5.75 Å². The lowest BCUT2D eigenvalue weighted by molar-refractivity contribution is -0.107. The number of carbonyl (C=O) groups is 3. The highest BCUT2D eigenvalue weighted by molar-refractivity contribution is 6.03. The van der Waals surface area contributed by atoms with Crippen molar-refractivity contribution in [2.75, 3.05) is 13.7 Å². The summed E-state index contributed by atoms with van der Waals surface area (Å²) in [5, 5.41) is 2.39. The number of hydrogen-bond donors (Lipinski definition) is 2. The largest absolute Gasteiger partial charge is 0.496 e. The maximum absolute atomic E-state index is 13.4. The molecule has 164 valence electrons. The van der Waals surface area contributed by atoms with E-state index in [2.05, 4.69) is 5.32 Å². The number of hydrogen-bond acceptors (Lipinski definition) is 6. The minimum Gasteiger partial charge on any atom is -0.496 e. The highest BCUT2D eigenvalue weighted by Crippen LogP contribution is 2.43. The fourth-order valence-electron chi connectivity index (χ4n) is 4.36. The van der Waals surface area contributed by atoms with Crippen molar-refractivity contribution in [3.8, 4) is 5.75 Å². The average molecular weight is 424 g/mol. The van der Waals surface area contributed by atoms with Crippen LogP contribution in [0.25, 0.3) is 0 Å². The molecule has 0 heterocycles. The van der Waals surface area contributed by atoms with Gasteiger partial charge in [0.15, 0.2) is 5.78 Å². The van der Waals surface area contributed by atoms with Crippen molar-refractivity contribution < 1.29 is 23.9 Å². The summed E-state index contributed by atoms with van der Waals surface area (Å²) < 4.78 is 10.8. The topological polar surface area (TPSA) is 108 Å². The number of amides is 1. The SMILES string of the molecule is COc1ccccc1C(=O)C(N)C1(c2ccccc2)CCC(OC(=O)NCC=O)CC1. The molecule has 7 nitrogen and oxygen atoms in total. The smallest absolute Gasteiger partial charge is 0.407 e. The normalized spacial score (nSPS) is 21.5. The van der Waals surface area contributed by atoms with E-state index in [1.165, 1.54) is 7.11 Å². The zero-order valence-corrected chi connectivity index (χ0v) is 17.6. The van der Waals surface area contributed by atoms with Gasteiger partial charge in [-0.15, -0.1) is 0 Å². The summed E-state index contributed by atoms with van der Waals surface area (Å²) in [5.74, 6) is 0.319. The molecule has 3 rings (SSSR count). The first-order valence-electron chi connectivity index (χ1n) is 10.4. The molecule has 7 heteroatoms. The van der Waals surface area contributed by atoms with E-state index in [0.29, 0.717) is 43.3 Å². The van der Waals surface area contributed by atoms with Crippen molar-refractivity contribution >= 4 is 18.2 Å². The van der Waals surface area contributed by atoms with Crippen LogP contribution < -0.4 is 15.8 Å². The zero-order valence-electron chi connectivity index (χ0n) is 17.6. The summed E-state index contributed by atoms with van der Waals surface area (Å²) in [6, 6.07) is 16.1. The highest BCUT2D eigenvalue weighted by atomic mass is 16.6. The van der Waals surface area contributed by atoms with E-state index in [4.69, 9.17) is 15.2 Å². The van der Waals surface area contributed by atoms with Crippen molar-refractivity contribution in [1.29, 1.82) is 0 Å². The van der Waals surface area contributed by atoms with Crippen LogP contribution >= 0.6 is 0 Å². The van der Waals surface area contributed by atoms with Gasteiger partial charge in [-0.25, -0.2) is 4.79 Å². The first-order chi connectivity index (χ1) is 15.0. The Morgan fingerprint density at radius 1 is 1.13 bits per heavy atom. The van der Waals surface area contributed by atoms with Gasteiger partial charge in [0.1, 0.15) is 18.1 Å². The van der Waals surface area contributed by atoms with Gasteiger partial charge in [-0.3, -0.25) is 4.79 Å². The second-order valence-electron chi connectivity index (χ2n) is 7.72. The zero-order chi connectivity index (χ0) is 22.3. The maximum Gasteiger partial charge on any atom is 0.407 e. The predicted octanol–water partition coefficient (Wildman–Crippen LogP) is 3.01. The number of benzene rings is 2. The van der Waals surface area contributed by atoms with E-state index >= 15 is 0 Å². The molecular weight excluding hydrogens is 396 g/mol. The molecule has 1 fully saturated rings. The van der Waals surface area contributed by atoms with Crippen molar-refractivity contribution in [3.05, 3.63) is 65.7 Å². The molecule has 1 amide bonds. The summed E-state index contributed by atoms with van der Waals surface area (Å²) in [6.45, 7) is -0.0855. The van der Waals surface area contributed by atoms with Crippen LogP contribution in [0.15, 0.2) is 54.6 Å². The summed E-state index contributed by atoms with van der Waals surface area (Å²) >= 11 is 0. The van der Waals surface area contributed by atoms with Gasteiger partial charge in [0, 0.05) is 5.41 Å². The van der Waals surface area contributed by atoms with Crippen LogP contribution in [-0.4, -0.2) is 44.0 Å². The fraction of sp³-hybridized carbons (Fsp3) is 0.375. The van der Waals surface area contributed by atoms with Gasteiger partial charge in [-0.05, 0) is 43.4 Å². The van der Waals surface area contributed by atoms with Crippen molar-refractivity contribution in [2.24, 2.45) is 5.73 Å². The molecule has 0 bridgehead atoms. The number of ether oxygens (including phenoxy) is 2. The van der Waals surface area contributed by atoms with Gasteiger partial charge in [0.05, 0.1) is 25.3 Å². The molecule has 2 aromatic carbocycles. The van der Waals surface area contributed by atoms with Gasteiger partial charge in [-0.1, -0.05) is 42.5 Å². The molecule has 1 aliphatic rings. The van der Waals surface area contributed by atoms with Crippen LogP contribution in [0.4, 0.5) is 4.79 Å². The number of ketones is 1. The third-order valence-electron chi connectivity index (χ3n) is 6.03. The number of aldehydes is 1. The molecule has 0 saturated heterocycles. The lowest BCUT2D eigenvalue weighted by Gasteiger charge is -2.43. The van der Waals surface area contributed by atoms with Gasteiger partial charge >= 0.3 is 6.09 Å². The molecule has 31 heavy (non-hydrogen) atoms. The number of carbonyl (C=O) groups excluding carboxylic acids is 3. The average Bonchev–Trinajstić information content (AvgIpc) is 2.83. The van der Waals surface area contributed by atoms with E-state index in [0.717, 1.165) is 5.56 Å². The maximum atomic E-state index is 13.4. The number of Topliss-reactive ketones (excluding diaryl/α,β-unsaturated/α-hetero) is 1. The van der Waals surface area contributed by atoms with Gasteiger partial charge in [-0.2, -0.15) is 0 Å². The quantitative estimate of drug-likeness (QED) is 0.498. The Morgan fingerprint density at radius 2 is 1.77 bits per heavy atom. The van der Waals surface area contributed by atoms with Crippen LogP contribution in [0.1, 0.15) is 41.6 Å². The van der Waals surface area contributed by atoms with Gasteiger partial charge in [0.2, 0.25) is 0 Å². The molecule has 1 aliphatic carbocycles. The van der Waals surface area contributed by atoms with E-state index in [1.807, 2.05) is 36.4 Å². The Labute approximate surface area is 181 Å². The Kier molecular flexibility index (Phi) is 7.41. The fourth-order valence-corrected chi connectivity index (χ4v) is 4.36. The van der Waals surface area contributed by atoms with E-state index in [9.17, 15) is 14.4 Å². The minimum absolute atomic E-state index is 0.0855. The van der Waals surface area contributed by atoms with Crippen LogP contribution in [0, 0.1) is 0 Å². The molecule has 0 aromatic heterocycles. The van der Waals surface area contributed by atoms with Crippen LogP contribution in [0.3, 0.4) is 0 Å². The first-order valence-corrected chi connectivity index (χ1v) is 10.4. The van der Waals surface area contributed by atoms with Crippen LogP contribution in [0.2, 0.25) is 0 Å². The molecule has 0 radical (unpaired) electrons. The monoisotopic (exact) mass is 424 g/mol. The number of nitrogens with one attached hydrogen (secondary N) is 1. The number of nitrogens with two attached hydrogens (primary N) is 1. The molecule has 1 atom stereocenters. The van der Waals surface area contributed by atoms with E-state index in [1.54, 1.807) is 18.2 Å². The number of alkyl carbamates (subject to hydrolysis) is 1. The Balaban J connectivity index is 1.84. The number of methoxy groups -OCH3 is 1. The first kappa shape index (κ1) is 22.5. The third kappa shape index (κ3) is 4.94. The predicted molar refractivity (Wildman–Crippen MR) is 116 cm³/mol. The highest BCUT2D eigenvalue weighted by Gasteiger charge is 2.46. The standard InChI is InChI=1S/C24H28N2O5/c1-30-20-10-6-5-9-19(20)21(28)22(25)24(17-7-3-2-4-8-17)13-11-18(12-14-24)31-23(29)26-15-16-27/h2-10,16,18,22H,11-15,25H2,1H3,(H,26,29). The van der Waals surface area contributed by atoms with E-state index in [-0.39, 0.29) is 18.4 Å². The van der Waals surface area contributed by atoms with Crippen molar-refractivity contribution in [2.45, 2.75) is 43.2 Å². The second-order valence-corrected chi connectivity index (χ2v) is 7.72. The molecule has 2 aromatic rings. The Bertz CT molecular complexity index is 907. The lowest BCUT2D eigenvalue weighted by atomic mass is 9.63. The third-order valence-corrected chi connectivity index (χ3v) is 6.03. The summed E-state index contributed by atoms with van der Waals surface area (Å²) in [5.41, 5.74) is 7.53. The van der Waals surface area contributed by atoms with Crippen molar-refractivity contribution in [1.82, 2.24) is 5.32 Å². The van der Waals surface area contributed by atoms with Gasteiger partial charge in [0.25, 0.3) is 0 Å². The lowest BCUT2D eigenvalue weighted by Crippen LogP contribution is -2.53. The molecule has 3 N–H and O–H groups in total. The number of rotatable bonds is 8. The Morgan fingerprint density at radius 3 is 2.42 bits per heavy atom. The summed E-state index contributed by atoms with van der Waals surface area (Å²) in [4.78, 5) is 35.7. The minimum atomic E-state index is -0.781. The molecular formula is C24H28N2O5. The summed E-state index contributed by atoms with van der Waals surface area (Å²) in [6.07, 6.45) is 2.00. The van der Waals surface area contributed by atoms with Crippen molar-refractivity contribution in [3.63, 3.8) is 0 Å². The Hall–Kier alpha value is -3.19.